The molecule has 0 saturated carbocycles. The third-order valence-corrected chi connectivity index (χ3v) is 3.79. The summed E-state index contributed by atoms with van der Waals surface area (Å²) in [6.07, 6.45) is 0.946. The maximum atomic E-state index is 11.6. The van der Waals surface area contributed by atoms with Crippen LogP contribution in [-0.4, -0.2) is 31.5 Å². The Kier molecular flexibility index (Phi) is 3.91. The predicted octanol–water partition coefficient (Wildman–Crippen LogP) is 1.23. The highest BCUT2D eigenvalue weighted by molar-refractivity contribution is 7.90. The zero-order valence-electron chi connectivity index (χ0n) is 10.4. The monoisotopic (exact) mass is 270 g/mol. The first-order valence-corrected chi connectivity index (χ1v) is 7.09. The van der Waals surface area contributed by atoms with Crippen molar-refractivity contribution >= 4 is 21.6 Å². The summed E-state index contributed by atoms with van der Waals surface area (Å²) < 4.78 is 23.2. The number of aromatic carboxylic acids is 1. The first-order valence-electron chi connectivity index (χ1n) is 5.20. The average molecular weight is 270 g/mol. The molecule has 0 fully saturated rings. The van der Waals surface area contributed by atoms with Crippen LogP contribution in [0.3, 0.4) is 0 Å². The molecule has 0 spiro atoms. The number of hydrogen-bond acceptors (Lipinski definition) is 4. The Labute approximate surface area is 105 Å². The van der Waals surface area contributed by atoms with E-state index in [-0.39, 0.29) is 28.2 Å². The summed E-state index contributed by atoms with van der Waals surface area (Å²) in [6, 6.07) is 2.49. The Hall–Kier alpha value is -1.69. The van der Waals surface area contributed by atoms with Crippen LogP contribution in [0.1, 0.15) is 28.4 Å². The van der Waals surface area contributed by atoms with Crippen molar-refractivity contribution < 1.29 is 23.1 Å². The van der Waals surface area contributed by atoms with Crippen molar-refractivity contribution in [1.29, 1.82) is 0 Å². The van der Waals surface area contributed by atoms with E-state index in [9.17, 15) is 18.0 Å². The van der Waals surface area contributed by atoms with E-state index in [1.54, 1.807) is 0 Å². The van der Waals surface area contributed by atoms with Crippen LogP contribution in [0, 0.1) is 6.92 Å². The number of benzene rings is 1. The molecule has 0 unspecified atom stereocenters. The third kappa shape index (κ3) is 2.95. The summed E-state index contributed by atoms with van der Waals surface area (Å²) in [5.41, 5.74) is 0.601. The van der Waals surface area contributed by atoms with E-state index in [1.807, 2.05) is 0 Å². The summed E-state index contributed by atoms with van der Waals surface area (Å²) in [4.78, 5) is 22.2. The van der Waals surface area contributed by atoms with E-state index in [4.69, 9.17) is 5.11 Å². The Balaban J connectivity index is 3.61. The van der Waals surface area contributed by atoms with Gasteiger partial charge in [0.2, 0.25) is 0 Å². The van der Waals surface area contributed by atoms with Crippen LogP contribution in [0.2, 0.25) is 0 Å². The van der Waals surface area contributed by atoms with Crippen LogP contribution in [0.25, 0.3) is 0 Å². The molecule has 5 nitrogen and oxygen atoms in total. The largest absolute Gasteiger partial charge is 0.478 e. The van der Waals surface area contributed by atoms with Crippen molar-refractivity contribution in [2.45, 2.75) is 25.2 Å². The summed E-state index contributed by atoms with van der Waals surface area (Å²) in [7, 11) is -3.49. The fourth-order valence-electron chi connectivity index (χ4n) is 1.78. The highest BCUT2D eigenvalue weighted by atomic mass is 32.2. The van der Waals surface area contributed by atoms with E-state index in [0.29, 0.717) is 5.56 Å². The van der Waals surface area contributed by atoms with Crippen LogP contribution in [0.5, 0.6) is 0 Å². The third-order valence-electron chi connectivity index (χ3n) is 2.61. The molecule has 0 aliphatic heterocycles. The van der Waals surface area contributed by atoms with Gasteiger partial charge >= 0.3 is 5.97 Å². The molecule has 1 N–H and O–H groups in total. The summed E-state index contributed by atoms with van der Waals surface area (Å²) in [5, 5.41) is 8.98. The Morgan fingerprint density at radius 2 is 1.83 bits per heavy atom. The lowest BCUT2D eigenvalue weighted by Gasteiger charge is -2.12. The molecule has 6 heteroatoms. The number of carbonyl (C=O) groups excluding carboxylic acids is 1. The van der Waals surface area contributed by atoms with Crippen molar-refractivity contribution in [2.24, 2.45) is 0 Å². The molecule has 0 aliphatic carbocycles. The summed E-state index contributed by atoms with van der Waals surface area (Å²) in [5.74, 6) is -1.36. The number of sulfone groups is 1. The normalized spacial score (nSPS) is 11.3. The molecule has 0 radical (unpaired) electrons. The van der Waals surface area contributed by atoms with Crippen molar-refractivity contribution in [3.05, 3.63) is 28.8 Å². The van der Waals surface area contributed by atoms with Gasteiger partial charge < -0.3 is 5.11 Å². The van der Waals surface area contributed by atoms with Gasteiger partial charge in [-0.1, -0.05) is 0 Å². The van der Waals surface area contributed by atoms with Crippen molar-refractivity contribution in [3.63, 3.8) is 0 Å². The minimum atomic E-state index is -3.49. The maximum Gasteiger partial charge on any atom is 0.335 e. The van der Waals surface area contributed by atoms with E-state index < -0.39 is 15.8 Å². The van der Waals surface area contributed by atoms with Gasteiger partial charge in [-0.3, -0.25) is 4.79 Å². The number of carboxylic acids is 1. The van der Waals surface area contributed by atoms with Crippen LogP contribution >= 0.6 is 0 Å². The number of carboxylic acid groups (broad SMARTS) is 1. The summed E-state index contributed by atoms with van der Waals surface area (Å²) >= 11 is 0. The lowest BCUT2D eigenvalue weighted by molar-refractivity contribution is -0.116. The second-order valence-corrected chi connectivity index (χ2v) is 6.16. The van der Waals surface area contributed by atoms with Crippen LogP contribution in [0.15, 0.2) is 17.0 Å². The molecule has 1 rings (SSSR count). The average Bonchev–Trinajstić information content (AvgIpc) is 2.17. The van der Waals surface area contributed by atoms with Gasteiger partial charge in [-0.15, -0.1) is 0 Å². The molecule has 1 aromatic rings. The smallest absolute Gasteiger partial charge is 0.335 e. The van der Waals surface area contributed by atoms with E-state index in [0.717, 1.165) is 6.26 Å². The first-order chi connectivity index (χ1) is 8.14. The van der Waals surface area contributed by atoms with Crippen LogP contribution in [0.4, 0.5) is 0 Å². The number of carbonyl (C=O) groups is 2. The number of hydrogen-bond donors (Lipinski definition) is 1. The van der Waals surface area contributed by atoms with Gasteiger partial charge in [-0.05, 0) is 37.1 Å². The lowest BCUT2D eigenvalue weighted by Crippen LogP contribution is -2.11. The topological polar surface area (TPSA) is 88.5 Å². The second kappa shape index (κ2) is 4.89. The second-order valence-electron chi connectivity index (χ2n) is 4.17. The number of ketones is 1. The first kappa shape index (κ1) is 14.4. The van der Waals surface area contributed by atoms with Gasteiger partial charge in [0.25, 0.3) is 0 Å². The molecule has 1 aromatic carbocycles. The zero-order valence-corrected chi connectivity index (χ0v) is 11.2. The van der Waals surface area contributed by atoms with Gasteiger partial charge in [-0.2, -0.15) is 0 Å². The van der Waals surface area contributed by atoms with E-state index in [2.05, 4.69) is 0 Å². The van der Waals surface area contributed by atoms with Gasteiger partial charge in [-0.25, -0.2) is 13.2 Å². The number of rotatable bonds is 4. The Morgan fingerprint density at radius 3 is 2.22 bits per heavy atom. The van der Waals surface area contributed by atoms with E-state index >= 15 is 0 Å². The molecule has 98 valence electrons. The molecule has 0 amide bonds. The maximum absolute atomic E-state index is 11.6. The fraction of sp³-hybridized carbons (Fsp3) is 0.333. The van der Waals surface area contributed by atoms with Gasteiger partial charge in [0.1, 0.15) is 5.78 Å². The molecular formula is C12H14O5S. The molecule has 0 heterocycles. The van der Waals surface area contributed by atoms with Crippen LogP contribution in [-0.2, 0) is 21.1 Å². The van der Waals surface area contributed by atoms with Crippen molar-refractivity contribution in [1.82, 2.24) is 0 Å². The standard InChI is InChI=1S/C12H14O5S/c1-7(13)6-10-8(2)9(12(14)15)4-5-11(10)18(3,16)17/h4-5H,6H2,1-3H3,(H,14,15). The van der Waals surface area contributed by atoms with Gasteiger partial charge in [0.05, 0.1) is 10.5 Å². The molecular weight excluding hydrogens is 256 g/mol. The van der Waals surface area contributed by atoms with E-state index in [1.165, 1.54) is 26.0 Å². The predicted molar refractivity (Wildman–Crippen MR) is 65.6 cm³/mol. The highest BCUT2D eigenvalue weighted by Crippen LogP contribution is 2.23. The molecule has 0 aromatic heterocycles. The minimum absolute atomic E-state index is 0.0126. The van der Waals surface area contributed by atoms with Gasteiger partial charge in [0.15, 0.2) is 9.84 Å². The van der Waals surface area contributed by atoms with Crippen LogP contribution < -0.4 is 0 Å². The molecule has 18 heavy (non-hydrogen) atoms. The van der Waals surface area contributed by atoms with Crippen molar-refractivity contribution in [3.8, 4) is 0 Å². The Bertz CT molecular complexity index is 614. The molecule has 0 atom stereocenters. The molecule has 0 bridgehead atoms. The highest BCUT2D eigenvalue weighted by Gasteiger charge is 2.20. The van der Waals surface area contributed by atoms with Crippen molar-refractivity contribution in [2.75, 3.05) is 6.26 Å². The Morgan fingerprint density at radius 1 is 1.28 bits per heavy atom. The summed E-state index contributed by atoms with van der Waals surface area (Å²) in [6.45, 7) is 2.84. The quantitative estimate of drug-likeness (QED) is 0.888. The zero-order chi connectivity index (χ0) is 14.1. The SMILES string of the molecule is CC(=O)Cc1c(S(C)(=O)=O)ccc(C(=O)O)c1C. The number of Topliss-reactive ketones (excluding diaryl/α,β-unsaturated/α-hetero) is 1. The minimum Gasteiger partial charge on any atom is -0.478 e. The fourth-order valence-corrected chi connectivity index (χ4v) is 2.77. The lowest BCUT2D eigenvalue weighted by atomic mass is 9.98. The van der Waals surface area contributed by atoms with Gasteiger partial charge in [0, 0.05) is 12.7 Å². The molecule has 0 saturated heterocycles. The molecule has 0 aliphatic rings.